The number of hydrogen-bond donors (Lipinski definition) is 0. The van der Waals surface area contributed by atoms with E-state index in [1.54, 1.807) is 0 Å². The Morgan fingerprint density at radius 2 is 1.39 bits per heavy atom. The second kappa shape index (κ2) is 14.9. The molecule has 0 aromatic heterocycles. The third-order valence-corrected chi connectivity index (χ3v) is 2.43. The molecule has 0 aromatic rings. The maximum atomic E-state index is 5.61. The fourth-order valence-electron chi connectivity index (χ4n) is 1.30. The van der Waals surface area contributed by atoms with E-state index in [9.17, 15) is 0 Å². The highest BCUT2D eigenvalue weighted by Gasteiger charge is 2.08. The van der Waals surface area contributed by atoms with Crippen LogP contribution in [0.4, 0.5) is 0 Å². The van der Waals surface area contributed by atoms with Crippen LogP contribution in [0.3, 0.4) is 0 Å². The van der Waals surface area contributed by atoms with Crippen molar-refractivity contribution >= 4 is 0 Å². The molecule has 4 heteroatoms. The predicted molar refractivity (Wildman–Crippen MR) is 72.8 cm³/mol. The van der Waals surface area contributed by atoms with Crippen LogP contribution in [0, 0.1) is 0 Å². The minimum atomic E-state index is -0.258. The summed E-state index contributed by atoms with van der Waals surface area (Å²) in [4.78, 5) is 0. The molecule has 0 N–H and O–H groups in total. The lowest BCUT2D eigenvalue weighted by Crippen LogP contribution is -2.26. The van der Waals surface area contributed by atoms with Crippen LogP contribution >= 0.6 is 0 Å². The Labute approximate surface area is 112 Å². The first-order chi connectivity index (χ1) is 8.85. The van der Waals surface area contributed by atoms with Crippen molar-refractivity contribution in [2.24, 2.45) is 0 Å². The summed E-state index contributed by atoms with van der Waals surface area (Å²) in [5, 5.41) is 0. The van der Waals surface area contributed by atoms with Crippen LogP contribution in [0.5, 0.6) is 0 Å². The van der Waals surface area contributed by atoms with Crippen molar-refractivity contribution in [3.05, 3.63) is 0 Å². The molecule has 4 nitrogen and oxygen atoms in total. The molecule has 1 unspecified atom stereocenters. The van der Waals surface area contributed by atoms with Crippen LogP contribution < -0.4 is 0 Å². The van der Waals surface area contributed by atoms with E-state index >= 15 is 0 Å². The highest BCUT2D eigenvalue weighted by molar-refractivity contribution is 4.44. The van der Waals surface area contributed by atoms with Gasteiger partial charge in [0.25, 0.3) is 0 Å². The standard InChI is InChI=1S/C14H30O4/c1-4-7-9-16-11-12-18-14(13-15-6-3)17-10-8-5-2/h14H,4-13H2,1-3H3. The van der Waals surface area contributed by atoms with E-state index in [0.717, 1.165) is 38.9 Å². The van der Waals surface area contributed by atoms with Gasteiger partial charge in [-0.3, -0.25) is 0 Å². The highest BCUT2D eigenvalue weighted by atomic mass is 16.7. The van der Waals surface area contributed by atoms with E-state index in [4.69, 9.17) is 18.9 Å². The van der Waals surface area contributed by atoms with Gasteiger partial charge in [-0.25, -0.2) is 0 Å². The van der Waals surface area contributed by atoms with Crippen LogP contribution in [0.25, 0.3) is 0 Å². The van der Waals surface area contributed by atoms with Gasteiger partial charge in [-0.15, -0.1) is 0 Å². The van der Waals surface area contributed by atoms with E-state index in [1.165, 1.54) is 0 Å². The molecule has 0 saturated carbocycles. The zero-order valence-electron chi connectivity index (χ0n) is 12.3. The first-order valence-electron chi connectivity index (χ1n) is 7.23. The Bertz CT molecular complexity index is 153. The molecule has 0 heterocycles. The van der Waals surface area contributed by atoms with E-state index in [-0.39, 0.29) is 6.29 Å². The van der Waals surface area contributed by atoms with E-state index in [1.807, 2.05) is 6.92 Å². The van der Waals surface area contributed by atoms with Crippen molar-refractivity contribution in [2.45, 2.75) is 52.7 Å². The zero-order valence-corrected chi connectivity index (χ0v) is 12.3. The first-order valence-corrected chi connectivity index (χ1v) is 7.23. The van der Waals surface area contributed by atoms with Gasteiger partial charge in [0.05, 0.1) is 19.8 Å². The molecular weight excluding hydrogens is 232 g/mol. The summed E-state index contributed by atoms with van der Waals surface area (Å²) in [6.45, 7) is 10.2. The molecule has 0 fully saturated rings. The Balaban J connectivity index is 3.51. The molecule has 0 aliphatic heterocycles. The van der Waals surface area contributed by atoms with Gasteiger partial charge < -0.3 is 18.9 Å². The van der Waals surface area contributed by atoms with Gasteiger partial charge in [0.1, 0.15) is 0 Å². The third kappa shape index (κ3) is 12.3. The molecule has 1 atom stereocenters. The molecule has 0 saturated heterocycles. The minimum absolute atomic E-state index is 0.258. The van der Waals surface area contributed by atoms with Crippen molar-refractivity contribution in [2.75, 3.05) is 39.6 Å². The summed E-state index contributed by atoms with van der Waals surface area (Å²) in [6, 6.07) is 0. The lowest BCUT2D eigenvalue weighted by atomic mass is 10.4. The normalized spacial score (nSPS) is 12.8. The topological polar surface area (TPSA) is 36.9 Å². The first kappa shape index (κ1) is 17.8. The summed E-state index contributed by atoms with van der Waals surface area (Å²) in [5.41, 5.74) is 0. The average Bonchev–Trinajstić information content (AvgIpc) is 2.39. The Kier molecular flexibility index (Phi) is 14.8. The van der Waals surface area contributed by atoms with Gasteiger partial charge in [-0.1, -0.05) is 26.7 Å². The van der Waals surface area contributed by atoms with Crippen LogP contribution in [-0.4, -0.2) is 45.9 Å². The fourth-order valence-corrected chi connectivity index (χ4v) is 1.30. The van der Waals surface area contributed by atoms with E-state index < -0.39 is 0 Å². The lowest BCUT2D eigenvalue weighted by molar-refractivity contribution is -0.178. The number of rotatable bonds is 14. The van der Waals surface area contributed by atoms with Crippen molar-refractivity contribution in [3.63, 3.8) is 0 Å². The van der Waals surface area contributed by atoms with Crippen LogP contribution in [0.15, 0.2) is 0 Å². The molecule has 0 aliphatic rings. The molecule has 0 rings (SSSR count). The van der Waals surface area contributed by atoms with Gasteiger partial charge in [0, 0.05) is 19.8 Å². The Morgan fingerprint density at radius 1 is 0.722 bits per heavy atom. The summed E-state index contributed by atoms with van der Waals surface area (Å²) in [5.74, 6) is 0. The predicted octanol–water partition coefficient (Wildman–Crippen LogP) is 3.00. The van der Waals surface area contributed by atoms with Gasteiger partial charge in [-0.2, -0.15) is 0 Å². The average molecular weight is 262 g/mol. The van der Waals surface area contributed by atoms with Gasteiger partial charge in [0.15, 0.2) is 6.29 Å². The second-order valence-corrected chi connectivity index (χ2v) is 4.15. The summed E-state index contributed by atoms with van der Waals surface area (Å²) in [7, 11) is 0. The second-order valence-electron chi connectivity index (χ2n) is 4.15. The molecular formula is C14H30O4. The lowest BCUT2D eigenvalue weighted by Gasteiger charge is -2.18. The van der Waals surface area contributed by atoms with Crippen molar-refractivity contribution in [1.82, 2.24) is 0 Å². The summed E-state index contributed by atoms with van der Waals surface area (Å²) >= 11 is 0. The van der Waals surface area contributed by atoms with Crippen LogP contribution in [-0.2, 0) is 18.9 Å². The third-order valence-electron chi connectivity index (χ3n) is 2.43. The molecule has 0 radical (unpaired) electrons. The van der Waals surface area contributed by atoms with E-state index in [2.05, 4.69) is 13.8 Å². The Hall–Kier alpha value is -0.160. The van der Waals surface area contributed by atoms with Gasteiger partial charge >= 0.3 is 0 Å². The molecule has 0 aromatic carbocycles. The van der Waals surface area contributed by atoms with Crippen molar-refractivity contribution in [3.8, 4) is 0 Å². The molecule has 0 spiro atoms. The monoisotopic (exact) mass is 262 g/mol. The number of unbranched alkanes of at least 4 members (excludes halogenated alkanes) is 2. The Morgan fingerprint density at radius 3 is 2.06 bits per heavy atom. The maximum absolute atomic E-state index is 5.61. The van der Waals surface area contributed by atoms with Crippen LogP contribution in [0.1, 0.15) is 46.5 Å². The SMILES string of the molecule is CCCCOCCOC(COCC)OCCCC. The molecule has 18 heavy (non-hydrogen) atoms. The molecule has 110 valence electrons. The quantitative estimate of drug-likeness (QED) is 0.356. The summed E-state index contributed by atoms with van der Waals surface area (Å²) < 4.78 is 22.0. The fraction of sp³-hybridized carbons (Fsp3) is 1.00. The van der Waals surface area contributed by atoms with Gasteiger partial charge in [-0.05, 0) is 19.8 Å². The number of ether oxygens (including phenoxy) is 4. The maximum Gasteiger partial charge on any atom is 0.180 e. The minimum Gasteiger partial charge on any atom is -0.379 e. The van der Waals surface area contributed by atoms with Crippen LogP contribution in [0.2, 0.25) is 0 Å². The number of hydrogen-bond acceptors (Lipinski definition) is 4. The molecule has 0 aliphatic carbocycles. The van der Waals surface area contributed by atoms with Gasteiger partial charge in [0.2, 0.25) is 0 Å². The highest BCUT2D eigenvalue weighted by Crippen LogP contribution is 2.00. The van der Waals surface area contributed by atoms with Crippen molar-refractivity contribution in [1.29, 1.82) is 0 Å². The van der Waals surface area contributed by atoms with E-state index in [0.29, 0.717) is 26.4 Å². The molecule has 0 bridgehead atoms. The summed E-state index contributed by atoms with van der Waals surface area (Å²) in [6.07, 6.45) is 4.19. The zero-order chi connectivity index (χ0) is 13.5. The largest absolute Gasteiger partial charge is 0.379 e. The molecule has 0 amide bonds. The smallest absolute Gasteiger partial charge is 0.180 e. The van der Waals surface area contributed by atoms with Crippen molar-refractivity contribution < 1.29 is 18.9 Å².